The number of rotatable bonds is 9. The molecular weight excluding hydrogens is 506 g/mol. The fourth-order valence-electron chi connectivity index (χ4n) is 3.81. The Kier molecular flexibility index (Phi) is 7.88. The van der Waals surface area contributed by atoms with Crippen molar-refractivity contribution in [2.45, 2.75) is 26.6 Å². The van der Waals surface area contributed by atoms with Gasteiger partial charge in [-0.15, -0.1) is 0 Å². The van der Waals surface area contributed by atoms with Gasteiger partial charge in [0.2, 0.25) is 0 Å². The van der Waals surface area contributed by atoms with Crippen LogP contribution in [0.3, 0.4) is 0 Å². The number of ether oxygens (including phenoxy) is 3. The highest BCUT2D eigenvalue weighted by Gasteiger charge is 2.40. The second kappa shape index (κ2) is 11.4. The maximum Gasteiger partial charge on any atom is 0.352 e. The van der Waals surface area contributed by atoms with Crippen LogP contribution in [0.4, 0.5) is 0 Å². The highest BCUT2D eigenvalue weighted by molar-refractivity contribution is 6.08. The lowest BCUT2D eigenvalue weighted by Gasteiger charge is -2.31. The molecule has 2 N–H and O–H groups in total. The van der Waals surface area contributed by atoms with E-state index in [9.17, 15) is 20.2 Å². The van der Waals surface area contributed by atoms with Crippen molar-refractivity contribution in [1.82, 2.24) is 14.6 Å². The van der Waals surface area contributed by atoms with Crippen molar-refractivity contribution in [2.75, 3.05) is 6.61 Å². The standard InChI is InChI=1S/C26H25N7O6/c1-4-37-22(34)14-20-23(33(35)36)25(39-21-12-17(15-27)9-8-16(21)2)32(28)26(30-20)38-19-7-5-6-18(13-19)24-29-10-11-31(24)3/h5-13,26H,4,14,28H2,1-3H3. The van der Waals surface area contributed by atoms with E-state index < -0.39 is 35.2 Å². The van der Waals surface area contributed by atoms with E-state index in [4.69, 9.17) is 20.1 Å². The average Bonchev–Trinajstić information content (AvgIpc) is 3.33. The maximum atomic E-state index is 12.3. The van der Waals surface area contributed by atoms with Crippen molar-refractivity contribution in [2.24, 2.45) is 17.9 Å². The third-order valence-corrected chi connectivity index (χ3v) is 5.69. The average molecular weight is 532 g/mol. The van der Waals surface area contributed by atoms with Crippen LogP contribution < -0.4 is 15.3 Å². The molecule has 1 aliphatic rings. The van der Waals surface area contributed by atoms with Gasteiger partial charge in [0.05, 0.1) is 29.6 Å². The van der Waals surface area contributed by atoms with Crippen molar-refractivity contribution >= 4 is 11.7 Å². The first kappa shape index (κ1) is 26.8. The second-order valence-corrected chi connectivity index (χ2v) is 8.40. The summed E-state index contributed by atoms with van der Waals surface area (Å²) in [6.07, 6.45) is 1.60. The van der Waals surface area contributed by atoms with E-state index in [-0.39, 0.29) is 23.6 Å². The minimum absolute atomic E-state index is 0.0794. The Morgan fingerprint density at radius 3 is 2.74 bits per heavy atom. The lowest BCUT2D eigenvalue weighted by Crippen LogP contribution is -2.49. The van der Waals surface area contributed by atoms with Gasteiger partial charge >= 0.3 is 11.7 Å². The third-order valence-electron chi connectivity index (χ3n) is 5.69. The molecular formula is C26H25N7O6. The fraction of sp³-hybridized carbons (Fsp3) is 0.231. The molecule has 0 saturated carbocycles. The zero-order chi connectivity index (χ0) is 28.1. The highest BCUT2D eigenvalue weighted by atomic mass is 16.6. The summed E-state index contributed by atoms with van der Waals surface area (Å²) < 4.78 is 18.8. The molecule has 0 saturated heterocycles. The largest absolute Gasteiger partial charge is 0.466 e. The van der Waals surface area contributed by atoms with Crippen molar-refractivity contribution < 1.29 is 23.9 Å². The predicted octanol–water partition coefficient (Wildman–Crippen LogP) is 3.04. The van der Waals surface area contributed by atoms with Crippen LogP contribution in [0.2, 0.25) is 0 Å². The number of imidazole rings is 1. The number of esters is 1. The first-order chi connectivity index (χ1) is 18.7. The molecule has 0 spiro atoms. The normalized spacial score (nSPS) is 14.9. The Hall–Kier alpha value is -5.22. The number of carbonyl (C=O) groups excluding carboxylic acids is 1. The topological polar surface area (TPSA) is 171 Å². The molecule has 0 fully saturated rings. The maximum absolute atomic E-state index is 12.3. The number of carbonyl (C=O) groups is 1. The Morgan fingerprint density at radius 2 is 2.08 bits per heavy atom. The van der Waals surface area contributed by atoms with Gasteiger partial charge in [-0.3, -0.25) is 14.9 Å². The molecule has 1 atom stereocenters. The summed E-state index contributed by atoms with van der Waals surface area (Å²) in [7, 11) is 1.85. The van der Waals surface area contributed by atoms with E-state index >= 15 is 0 Å². The van der Waals surface area contributed by atoms with E-state index in [1.54, 1.807) is 56.6 Å². The number of aryl methyl sites for hydroxylation is 2. The Labute approximate surface area is 223 Å². The van der Waals surface area contributed by atoms with Crippen molar-refractivity contribution in [1.29, 1.82) is 5.26 Å². The van der Waals surface area contributed by atoms with E-state index in [0.717, 1.165) is 10.6 Å². The zero-order valence-electron chi connectivity index (χ0n) is 21.4. The molecule has 2 heterocycles. The molecule has 13 heteroatoms. The van der Waals surface area contributed by atoms with Crippen molar-refractivity contribution in [3.05, 3.63) is 87.7 Å². The van der Waals surface area contributed by atoms with Gasteiger partial charge in [-0.25, -0.2) is 20.8 Å². The summed E-state index contributed by atoms with van der Waals surface area (Å²) in [6.45, 7) is 3.40. The number of hydrogen-bond donors (Lipinski definition) is 1. The zero-order valence-corrected chi connectivity index (χ0v) is 21.4. The van der Waals surface area contributed by atoms with Gasteiger partial charge < -0.3 is 18.8 Å². The summed E-state index contributed by atoms with van der Waals surface area (Å²) in [5, 5.41) is 22.3. The third kappa shape index (κ3) is 5.86. The number of nitrogens with zero attached hydrogens (tertiary/aromatic N) is 6. The molecule has 1 aromatic heterocycles. The van der Waals surface area contributed by atoms with Crippen molar-refractivity contribution in [3.63, 3.8) is 0 Å². The van der Waals surface area contributed by atoms with Gasteiger partial charge in [0.25, 0.3) is 12.2 Å². The Bertz CT molecular complexity index is 1520. The van der Waals surface area contributed by atoms with Gasteiger partial charge in [0, 0.05) is 25.0 Å². The SMILES string of the molecule is CCOC(=O)CC1=NC(Oc2cccc(-c3nccn3C)c2)N(N)C(Oc2cc(C#N)ccc2C)=C1[N+](=O)[O-]. The minimum atomic E-state index is -1.34. The van der Waals surface area contributed by atoms with Crippen LogP contribution in [0, 0.1) is 28.4 Å². The second-order valence-electron chi connectivity index (χ2n) is 8.40. The van der Waals surface area contributed by atoms with Crippen molar-refractivity contribution in [3.8, 4) is 29.0 Å². The summed E-state index contributed by atoms with van der Waals surface area (Å²) in [4.78, 5) is 32.4. The number of nitriles is 1. The van der Waals surface area contributed by atoms with Gasteiger partial charge in [0.1, 0.15) is 23.0 Å². The number of aliphatic imine (C=N–C) groups is 1. The summed E-state index contributed by atoms with van der Waals surface area (Å²) in [5.74, 6) is 6.33. The quantitative estimate of drug-likeness (QED) is 0.187. The van der Waals surface area contributed by atoms with Crippen LogP contribution in [0.25, 0.3) is 11.4 Å². The van der Waals surface area contributed by atoms with Crippen LogP contribution >= 0.6 is 0 Å². The molecule has 1 aliphatic heterocycles. The van der Waals surface area contributed by atoms with E-state index in [2.05, 4.69) is 9.98 Å². The molecule has 0 radical (unpaired) electrons. The Balaban J connectivity index is 1.75. The van der Waals surface area contributed by atoms with Gasteiger partial charge in [-0.05, 0) is 43.7 Å². The molecule has 4 rings (SSSR count). The monoisotopic (exact) mass is 531 g/mol. The highest BCUT2D eigenvalue weighted by Crippen LogP contribution is 2.30. The molecule has 3 aromatic rings. The summed E-state index contributed by atoms with van der Waals surface area (Å²) in [5.41, 5.74) is 0.741. The summed E-state index contributed by atoms with van der Waals surface area (Å²) >= 11 is 0. The van der Waals surface area contributed by atoms with Crippen LogP contribution in [0.15, 0.2) is 71.4 Å². The lowest BCUT2D eigenvalue weighted by molar-refractivity contribution is -0.420. The number of nitro groups is 1. The van der Waals surface area contributed by atoms with Crippen LogP contribution in [-0.2, 0) is 16.6 Å². The molecule has 0 bridgehead atoms. The first-order valence-electron chi connectivity index (χ1n) is 11.8. The lowest BCUT2D eigenvalue weighted by atomic mass is 10.1. The van der Waals surface area contributed by atoms with Crippen LogP contribution in [0.1, 0.15) is 24.5 Å². The molecule has 2 aromatic carbocycles. The molecule has 39 heavy (non-hydrogen) atoms. The molecule has 0 amide bonds. The van der Waals surface area contributed by atoms with Gasteiger partial charge in [-0.1, -0.05) is 18.2 Å². The van der Waals surface area contributed by atoms with E-state index in [0.29, 0.717) is 17.1 Å². The van der Waals surface area contributed by atoms with E-state index in [1.807, 2.05) is 23.8 Å². The van der Waals surface area contributed by atoms with Gasteiger partial charge in [0.15, 0.2) is 0 Å². The predicted molar refractivity (Wildman–Crippen MR) is 138 cm³/mol. The van der Waals surface area contributed by atoms with E-state index in [1.165, 1.54) is 6.07 Å². The summed E-state index contributed by atoms with van der Waals surface area (Å²) in [6, 6.07) is 13.6. The van der Waals surface area contributed by atoms with Crippen LogP contribution in [-0.4, -0.2) is 44.1 Å². The number of aromatic nitrogens is 2. The number of hydrazine groups is 1. The first-order valence-corrected chi connectivity index (χ1v) is 11.8. The van der Waals surface area contributed by atoms with Crippen LogP contribution in [0.5, 0.6) is 11.5 Å². The number of allylic oxidation sites excluding steroid dienone is 1. The molecule has 0 aliphatic carbocycles. The smallest absolute Gasteiger partial charge is 0.352 e. The molecule has 13 nitrogen and oxygen atoms in total. The Morgan fingerprint density at radius 1 is 1.28 bits per heavy atom. The molecule has 1 unspecified atom stereocenters. The number of benzene rings is 2. The fourth-order valence-corrected chi connectivity index (χ4v) is 3.81. The minimum Gasteiger partial charge on any atom is -0.466 e. The number of nitrogens with two attached hydrogens (primary N) is 1. The molecule has 200 valence electrons. The number of hydrogen-bond acceptors (Lipinski definition) is 11. The van der Waals surface area contributed by atoms with Gasteiger partial charge in [-0.2, -0.15) is 5.26 Å².